The number of rotatable bonds is 4. The monoisotopic (exact) mass is 283 g/mol. The lowest BCUT2D eigenvalue weighted by Crippen LogP contribution is -2.04. The van der Waals surface area contributed by atoms with Crippen LogP contribution in [0.3, 0.4) is 0 Å². The van der Waals surface area contributed by atoms with Crippen LogP contribution in [0.2, 0.25) is 0 Å². The second-order valence-corrected chi connectivity index (χ2v) is 4.64. The van der Waals surface area contributed by atoms with Crippen LogP contribution < -0.4 is 10.1 Å². The van der Waals surface area contributed by atoms with Crippen molar-refractivity contribution in [1.29, 1.82) is 0 Å². The Hall–Kier alpha value is -2.63. The van der Waals surface area contributed by atoms with Gasteiger partial charge in [0.2, 0.25) is 0 Å². The summed E-state index contributed by atoms with van der Waals surface area (Å²) >= 11 is 0. The van der Waals surface area contributed by atoms with E-state index in [1.54, 1.807) is 13.3 Å². The van der Waals surface area contributed by atoms with Crippen LogP contribution >= 0.6 is 0 Å². The van der Waals surface area contributed by atoms with Crippen molar-refractivity contribution in [3.8, 4) is 11.4 Å². The number of aryl methyl sites for hydroxylation is 1. The summed E-state index contributed by atoms with van der Waals surface area (Å²) in [7, 11) is 1.65. The molecule has 0 amide bonds. The third kappa shape index (κ3) is 2.40. The Morgan fingerprint density at radius 1 is 1.19 bits per heavy atom. The lowest BCUT2D eigenvalue weighted by Gasteiger charge is -2.07. The summed E-state index contributed by atoms with van der Waals surface area (Å²) < 4.78 is 6.99. The number of methoxy groups -OCH3 is 1. The number of benzene rings is 1. The molecule has 0 saturated heterocycles. The minimum absolute atomic E-state index is 0.716. The van der Waals surface area contributed by atoms with Gasteiger partial charge in [0.1, 0.15) is 17.4 Å². The van der Waals surface area contributed by atoms with Crippen LogP contribution in [0.1, 0.15) is 12.7 Å². The molecule has 2 heterocycles. The van der Waals surface area contributed by atoms with Gasteiger partial charge in [-0.25, -0.2) is 14.6 Å². The highest BCUT2D eigenvalue weighted by Gasteiger charge is 2.12. The lowest BCUT2D eigenvalue weighted by molar-refractivity contribution is 0.414. The van der Waals surface area contributed by atoms with Crippen molar-refractivity contribution < 1.29 is 4.74 Å². The molecule has 0 spiro atoms. The summed E-state index contributed by atoms with van der Waals surface area (Å²) in [6.45, 7) is 4.72. The number of nitrogens with zero attached hydrogens (tertiary/aromatic N) is 4. The van der Waals surface area contributed by atoms with E-state index < -0.39 is 0 Å². The van der Waals surface area contributed by atoms with Crippen molar-refractivity contribution in [2.75, 3.05) is 19.0 Å². The molecule has 0 aliphatic heterocycles. The van der Waals surface area contributed by atoms with Crippen LogP contribution in [0.4, 0.5) is 5.82 Å². The summed E-state index contributed by atoms with van der Waals surface area (Å²) in [6, 6.07) is 7.72. The van der Waals surface area contributed by atoms with Crippen LogP contribution in [0.15, 0.2) is 30.5 Å². The molecule has 6 nitrogen and oxygen atoms in total. The molecule has 0 aliphatic carbocycles. The zero-order chi connectivity index (χ0) is 14.8. The molecule has 0 bridgehead atoms. The van der Waals surface area contributed by atoms with E-state index in [2.05, 4.69) is 20.4 Å². The summed E-state index contributed by atoms with van der Waals surface area (Å²) in [5.41, 5.74) is 1.73. The zero-order valence-electron chi connectivity index (χ0n) is 12.3. The first-order valence-electron chi connectivity index (χ1n) is 6.83. The van der Waals surface area contributed by atoms with Gasteiger partial charge in [-0.15, -0.1) is 0 Å². The molecule has 1 aromatic carbocycles. The van der Waals surface area contributed by atoms with Gasteiger partial charge in [-0.2, -0.15) is 5.10 Å². The van der Waals surface area contributed by atoms with E-state index in [1.165, 1.54) is 0 Å². The second-order valence-electron chi connectivity index (χ2n) is 4.64. The van der Waals surface area contributed by atoms with E-state index in [9.17, 15) is 0 Å². The number of hydrogen-bond acceptors (Lipinski definition) is 5. The summed E-state index contributed by atoms with van der Waals surface area (Å²) in [6.07, 6.45) is 1.79. The smallest absolute Gasteiger partial charge is 0.168 e. The molecule has 1 N–H and O–H groups in total. The molecular formula is C15H17N5O. The fraction of sp³-hybridized carbons (Fsp3) is 0.267. The van der Waals surface area contributed by atoms with Gasteiger partial charge in [0.05, 0.1) is 24.4 Å². The maximum absolute atomic E-state index is 5.18. The minimum atomic E-state index is 0.716. The standard InChI is InChI=1S/C15H17N5O/c1-4-16-14-13-9-17-20(15(13)19-10(2)18-14)11-5-7-12(21-3)8-6-11/h5-9H,4H2,1-3H3,(H,16,18,19). The van der Waals surface area contributed by atoms with Gasteiger partial charge >= 0.3 is 0 Å². The van der Waals surface area contributed by atoms with E-state index in [0.717, 1.165) is 34.8 Å². The molecule has 21 heavy (non-hydrogen) atoms. The fourth-order valence-corrected chi connectivity index (χ4v) is 2.23. The number of anilines is 1. The lowest BCUT2D eigenvalue weighted by atomic mass is 10.3. The predicted molar refractivity (Wildman–Crippen MR) is 82.1 cm³/mol. The first-order chi connectivity index (χ1) is 10.2. The van der Waals surface area contributed by atoms with Gasteiger partial charge in [0, 0.05) is 6.54 Å². The van der Waals surface area contributed by atoms with Crippen LogP contribution in [-0.4, -0.2) is 33.4 Å². The molecule has 108 valence electrons. The van der Waals surface area contributed by atoms with Gasteiger partial charge in [0.25, 0.3) is 0 Å². The van der Waals surface area contributed by atoms with Gasteiger partial charge < -0.3 is 10.1 Å². The molecule has 6 heteroatoms. The first-order valence-corrected chi connectivity index (χ1v) is 6.83. The quantitative estimate of drug-likeness (QED) is 0.797. The zero-order valence-corrected chi connectivity index (χ0v) is 12.3. The number of hydrogen-bond donors (Lipinski definition) is 1. The van der Waals surface area contributed by atoms with E-state index in [4.69, 9.17) is 4.74 Å². The average Bonchev–Trinajstić information content (AvgIpc) is 2.91. The molecule has 0 saturated carbocycles. The Bertz CT molecular complexity index is 764. The Kier molecular flexibility index (Phi) is 3.43. The summed E-state index contributed by atoms with van der Waals surface area (Å²) in [4.78, 5) is 8.95. The van der Waals surface area contributed by atoms with Crippen molar-refractivity contribution in [1.82, 2.24) is 19.7 Å². The fourth-order valence-electron chi connectivity index (χ4n) is 2.23. The van der Waals surface area contributed by atoms with Crippen molar-refractivity contribution in [2.24, 2.45) is 0 Å². The first kappa shape index (κ1) is 13.4. The molecule has 0 aliphatic rings. The molecule has 2 aromatic heterocycles. The Labute approximate surface area is 122 Å². The Morgan fingerprint density at radius 2 is 1.95 bits per heavy atom. The van der Waals surface area contributed by atoms with E-state index >= 15 is 0 Å². The normalized spacial score (nSPS) is 10.8. The highest BCUT2D eigenvalue weighted by Crippen LogP contribution is 2.23. The van der Waals surface area contributed by atoms with E-state index in [0.29, 0.717) is 5.82 Å². The highest BCUT2D eigenvalue weighted by molar-refractivity contribution is 5.87. The third-order valence-corrected chi connectivity index (χ3v) is 3.20. The van der Waals surface area contributed by atoms with Gasteiger partial charge in [-0.05, 0) is 38.1 Å². The van der Waals surface area contributed by atoms with Gasteiger partial charge in [-0.1, -0.05) is 0 Å². The number of aromatic nitrogens is 4. The van der Waals surface area contributed by atoms with Crippen LogP contribution in [0, 0.1) is 6.92 Å². The summed E-state index contributed by atoms with van der Waals surface area (Å²) in [5.74, 6) is 2.35. The number of fused-ring (bicyclic) bond motifs is 1. The minimum Gasteiger partial charge on any atom is -0.497 e. The molecule has 0 fully saturated rings. The van der Waals surface area contributed by atoms with Crippen LogP contribution in [0.25, 0.3) is 16.7 Å². The Balaban J connectivity index is 2.14. The van der Waals surface area contributed by atoms with Crippen molar-refractivity contribution in [3.63, 3.8) is 0 Å². The second kappa shape index (κ2) is 5.40. The summed E-state index contributed by atoms with van der Waals surface area (Å²) in [5, 5.41) is 8.60. The molecule has 0 radical (unpaired) electrons. The van der Waals surface area contributed by atoms with Crippen LogP contribution in [0.5, 0.6) is 5.75 Å². The van der Waals surface area contributed by atoms with Crippen molar-refractivity contribution >= 4 is 16.9 Å². The largest absolute Gasteiger partial charge is 0.497 e. The molecule has 0 unspecified atom stereocenters. The van der Waals surface area contributed by atoms with Gasteiger partial charge in [-0.3, -0.25) is 0 Å². The molecular weight excluding hydrogens is 266 g/mol. The van der Waals surface area contributed by atoms with Crippen molar-refractivity contribution in [3.05, 3.63) is 36.3 Å². The number of nitrogens with one attached hydrogen (secondary N) is 1. The molecule has 0 atom stereocenters. The third-order valence-electron chi connectivity index (χ3n) is 3.20. The average molecular weight is 283 g/mol. The van der Waals surface area contributed by atoms with E-state index in [1.807, 2.05) is 42.8 Å². The maximum atomic E-state index is 5.18. The molecule has 3 aromatic rings. The Morgan fingerprint density at radius 3 is 2.62 bits per heavy atom. The SMILES string of the molecule is CCNc1nc(C)nc2c1cnn2-c1ccc(OC)cc1. The maximum Gasteiger partial charge on any atom is 0.168 e. The van der Waals surface area contributed by atoms with Crippen LogP contribution in [-0.2, 0) is 0 Å². The number of ether oxygens (including phenoxy) is 1. The molecule has 3 rings (SSSR count). The van der Waals surface area contributed by atoms with Crippen molar-refractivity contribution in [2.45, 2.75) is 13.8 Å². The van der Waals surface area contributed by atoms with Gasteiger partial charge in [0.15, 0.2) is 5.65 Å². The van der Waals surface area contributed by atoms with E-state index in [-0.39, 0.29) is 0 Å². The predicted octanol–water partition coefficient (Wildman–Crippen LogP) is 2.56. The highest BCUT2D eigenvalue weighted by atomic mass is 16.5. The topological polar surface area (TPSA) is 64.9 Å².